The molecule has 0 amide bonds. The number of hydrogen-bond donors (Lipinski definition) is 0. The SMILES string of the molecule is C=C/C=C1/C(=O)CCN(CC#N)/C1=C(/C)OC. The van der Waals surface area contributed by atoms with E-state index >= 15 is 0 Å². The van der Waals surface area contributed by atoms with Crippen molar-refractivity contribution in [3.05, 3.63) is 35.8 Å². The smallest absolute Gasteiger partial charge is 0.166 e. The van der Waals surface area contributed by atoms with E-state index in [0.717, 1.165) is 0 Å². The number of ketones is 1. The summed E-state index contributed by atoms with van der Waals surface area (Å²) in [5.41, 5.74) is 1.27. The maximum Gasteiger partial charge on any atom is 0.166 e. The van der Waals surface area contributed by atoms with Crippen LogP contribution in [0.25, 0.3) is 0 Å². The summed E-state index contributed by atoms with van der Waals surface area (Å²) < 4.78 is 5.19. The Bertz CT molecular complexity index is 427. The van der Waals surface area contributed by atoms with E-state index in [-0.39, 0.29) is 12.3 Å². The molecule has 0 atom stereocenters. The van der Waals surface area contributed by atoms with Gasteiger partial charge in [0, 0.05) is 18.5 Å². The number of allylic oxidation sites excluding steroid dienone is 4. The second-order valence-electron chi connectivity index (χ2n) is 3.68. The predicted molar refractivity (Wildman–Crippen MR) is 64.8 cm³/mol. The standard InChI is InChI=1S/C13H16N2O2/c1-4-5-11-12(16)6-8-15(9-7-14)13(11)10(2)17-3/h4-5H,1,6,8-9H2,2-3H3/b11-5-,13-10-. The molecule has 0 bridgehead atoms. The van der Waals surface area contributed by atoms with Crippen LogP contribution in [0.1, 0.15) is 13.3 Å². The first kappa shape index (κ1) is 13.0. The zero-order valence-electron chi connectivity index (χ0n) is 10.2. The van der Waals surface area contributed by atoms with E-state index in [4.69, 9.17) is 10.00 Å². The van der Waals surface area contributed by atoms with Gasteiger partial charge in [-0.3, -0.25) is 4.79 Å². The summed E-state index contributed by atoms with van der Waals surface area (Å²) in [6, 6.07) is 2.10. The molecule has 1 aliphatic rings. The highest BCUT2D eigenvalue weighted by molar-refractivity contribution is 6.00. The lowest BCUT2D eigenvalue weighted by Crippen LogP contribution is -2.35. The van der Waals surface area contributed by atoms with Gasteiger partial charge in [0.2, 0.25) is 0 Å². The quantitative estimate of drug-likeness (QED) is 0.423. The van der Waals surface area contributed by atoms with Gasteiger partial charge in [0.05, 0.1) is 18.9 Å². The fourth-order valence-electron chi connectivity index (χ4n) is 1.83. The number of methoxy groups -OCH3 is 1. The number of piperidine rings is 1. The molecule has 0 spiro atoms. The number of ether oxygens (including phenoxy) is 1. The summed E-state index contributed by atoms with van der Waals surface area (Å²) >= 11 is 0. The monoisotopic (exact) mass is 232 g/mol. The maximum absolute atomic E-state index is 11.8. The molecule has 0 aromatic rings. The van der Waals surface area contributed by atoms with Crippen molar-refractivity contribution in [2.45, 2.75) is 13.3 Å². The zero-order valence-corrected chi connectivity index (χ0v) is 10.2. The number of carbonyl (C=O) groups is 1. The molecule has 0 aromatic carbocycles. The average Bonchev–Trinajstić information content (AvgIpc) is 2.33. The Hall–Kier alpha value is -2.02. The zero-order chi connectivity index (χ0) is 12.8. The van der Waals surface area contributed by atoms with Crippen LogP contribution in [0.2, 0.25) is 0 Å². The maximum atomic E-state index is 11.8. The van der Waals surface area contributed by atoms with E-state index < -0.39 is 0 Å². The molecule has 4 nitrogen and oxygen atoms in total. The molecule has 0 aromatic heterocycles. The van der Waals surface area contributed by atoms with Crippen LogP contribution in [-0.2, 0) is 9.53 Å². The Labute approximate surface area is 101 Å². The Morgan fingerprint density at radius 1 is 1.71 bits per heavy atom. The van der Waals surface area contributed by atoms with Crippen LogP contribution in [-0.4, -0.2) is 30.9 Å². The molecule has 17 heavy (non-hydrogen) atoms. The molecule has 0 aliphatic carbocycles. The number of nitriles is 1. The van der Waals surface area contributed by atoms with Crippen LogP contribution in [0.3, 0.4) is 0 Å². The highest BCUT2D eigenvalue weighted by Crippen LogP contribution is 2.26. The van der Waals surface area contributed by atoms with Gasteiger partial charge < -0.3 is 9.64 Å². The highest BCUT2D eigenvalue weighted by atomic mass is 16.5. The van der Waals surface area contributed by atoms with Crippen molar-refractivity contribution >= 4 is 5.78 Å². The number of nitrogens with zero attached hydrogens (tertiary/aromatic N) is 2. The molecule has 1 fully saturated rings. The average molecular weight is 232 g/mol. The first-order valence-electron chi connectivity index (χ1n) is 5.38. The van der Waals surface area contributed by atoms with E-state index in [1.807, 2.05) is 4.90 Å². The Morgan fingerprint density at radius 2 is 2.41 bits per heavy atom. The van der Waals surface area contributed by atoms with Gasteiger partial charge in [-0.1, -0.05) is 12.7 Å². The molecule has 1 rings (SSSR count). The van der Waals surface area contributed by atoms with E-state index in [2.05, 4.69) is 12.6 Å². The molecule has 0 N–H and O–H groups in total. The summed E-state index contributed by atoms with van der Waals surface area (Å²) in [7, 11) is 1.55. The van der Waals surface area contributed by atoms with E-state index in [0.29, 0.717) is 30.0 Å². The second-order valence-corrected chi connectivity index (χ2v) is 3.68. The van der Waals surface area contributed by atoms with E-state index in [9.17, 15) is 4.79 Å². The molecule has 4 heteroatoms. The largest absolute Gasteiger partial charge is 0.499 e. The van der Waals surface area contributed by atoms with E-state index in [1.165, 1.54) is 0 Å². The van der Waals surface area contributed by atoms with Crippen LogP contribution < -0.4 is 0 Å². The number of Topliss-reactive ketones (excluding diaryl/α,β-unsaturated/α-hetero) is 1. The fraction of sp³-hybridized carbons (Fsp3) is 0.385. The van der Waals surface area contributed by atoms with Crippen molar-refractivity contribution in [2.75, 3.05) is 20.2 Å². The Kier molecular flexibility index (Phi) is 4.53. The third-order valence-electron chi connectivity index (χ3n) is 2.67. The van der Waals surface area contributed by atoms with Crippen molar-refractivity contribution < 1.29 is 9.53 Å². The van der Waals surface area contributed by atoms with Crippen molar-refractivity contribution in [1.82, 2.24) is 4.90 Å². The van der Waals surface area contributed by atoms with Crippen molar-refractivity contribution in [1.29, 1.82) is 5.26 Å². The molecular weight excluding hydrogens is 216 g/mol. The number of hydrogen-bond acceptors (Lipinski definition) is 4. The fourth-order valence-corrected chi connectivity index (χ4v) is 1.83. The third kappa shape index (κ3) is 2.76. The molecule has 1 saturated heterocycles. The van der Waals surface area contributed by atoms with Gasteiger partial charge in [0.25, 0.3) is 0 Å². The van der Waals surface area contributed by atoms with Gasteiger partial charge in [0.1, 0.15) is 12.3 Å². The van der Waals surface area contributed by atoms with Gasteiger partial charge >= 0.3 is 0 Å². The van der Waals surface area contributed by atoms with E-state index in [1.54, 1.807) is 26.2 Å². The molecular formula is C13H16N2O2. The van der Waals surface area contributed by atoms with Gasteiger partial charge in [-0.05, 0) is 13.0 Å². The third-order valence-corrected chi connectivity index (χ3v) is 2.67. The van der Waals surface area contributed by atoms with Crippen molar-refractivity contribution in [2.24, 2.45) is 0 Å². The van der Waals surface area contributed by atoms with Crippen LogP contribution in [0.4, 0.5) is 0 Å². The Morgan fingerprint density at radius 3 is 2.94 bits per heavy atom. The van der Waals surface area contributed by atoms with Gasteiger partial charge in [-0.15, -0.1) is 0 Å². The number of carbonyl (C=O) groups excluding carboxylic acids is 1. The first-order valence-corrected chi connectivity index (χ1v) is 5.38. The summed E-state index contributed by atoms with van der Waals surface area (Å²) in [4.78, 5) is 13.7. The lowest BCUT2D eigenvalue weighted by Gasteiger charge is -2.31. The molecule has 0 saturated carbocycles. The second kappa shape index (κ2) is 5.90. The highest BCUT2D eigenvalue weighted by Gasteiger charge is 2.27. The van der Waals surface area contributed by atoms with Crippen molar-refractivity contribution in [3.8, 4) is 6.07 Å². The lowest BCUT2D eigenvalue weighted by atomic mass is 9.97. The normalized spacial score (nSPS) is 21.1. The van der Waals surface area contributed by atoms with Crippen molar-refractivity contribution in [3.63, 3.8) is 0 Å². The number of rotatable bonds is 3. The van der Waals surface area contributed by atoms with Crippen LogP contribution in [0.15, 0.2) is 35.8 Å². The molecule has 0 radical (unpaired) electrons. The molecule has 0 unspecified atom stereocenters. The summed E-state index contributed by atoms with van der Waals surface area (Å²) in [5, 5.41) is 8.79. The first-order chi connectivity index (χ1) is 8.15. The van der Waals surface area contributed by atoms with Gasteiger partial charge in [-0.25, -0.2) is 0 Å². The minimum absolute atomic E-state index is 0.0606. The van der Waals surface area contributed by atoms with Gasteiger partial charge in [-0.2, -0.15) is 5.26 Å². The van der Waals surface area contributed by atoms with Crippen LogP contribution in [0, 0.1) is 11.3 Å². The topological polar surface area (TPSA) is 53.3 Å². The summed E-state index contributed by atoms with van der Waals surface area (Å²) in [6.07, 6.45) is 3.66. The Balaban J connectivity index is 3.25. The van der Waals surface area contributed by atoms with Gasteiger partial charge in [0.15, 0.2) is 5.78 Å². The van der Waals surface area contributed by atoms with Crippen LogP contribution >= 0.6 is 0 Å². The molecule has 1 aliphatic heterocycles. The lowest BCUT2D eigenvalue weighted by molar-refractivity contribution is -0.116. The minimum Gasteiger partial charge on any atom is -0.499 e. The minimum atomic E-state index is 0.0606. The summed E-state index contributed by atoms with van der Waals surface area (Å²) in [6.45, 7) is 6.19. The van der Waals surface area contributed by atoms with Crippen LogP contribution in [0.5, 0.6) is 0 Å². The number of likely N-dealkylation sites (tertiary alicyclic amines) is 1. The molecule has 1 heterocycles. The molecule has 90 valence electrons. The predicted octanol–water partition coefficient (Wildman–Crippen LogP) is 1.78. The summed E-state index contributed by atoms with van der Waals surface area (Å²) in [5.74, 6) is 0.701.